The summed E-state index contributed by atoms with van der Waals surface area (Å²) in [5.41, 5.74) is 2.48. The predicted molar refractivity (Wildman–Crippen MR) is 94.4 cm³/mol. The van der Waals surface area contributed by atoms with Crippen LogP contribution < -0.4 is 0 Å². The molecule has 1 aromatic heterocycles. The molecule has 4 rings (SSSR count). The molecule has 3 aromatic rings. The standard InChI is InChI=1S/C21H23NO/c1-2-6-17(7-3-1)14-18-10-12-22(13-11-18)16-20-15-19-8-4-5-9-21(19)23-20/h1-9,15,18H,10-14,16H2. The summed E-state index contributed by atoms with van der Waals surface area (Å²) in [6.45, 7) is 3.29. The van der Waals surface area contributed by atoms with Crippen LogP contribution in [0.2, 0.25) is 0 Å². The summed E-state index contributed by atoms with van der Waals surface area (Å²) < 4.78 is 5.95. The van der Waals surface area contributed by atoms with Crippen LogP contribution >= 0.6 is 0 Å². The number of hydrogen-bond donors (Lipinski definition) is 0. The highest BCUT2D eigenvalue weighted by molar-refractivity contribution is 5.77. The number of nitrogens with zero attached hydrogens (tertiary/aromatic N) is 1. The quantitative estimate of drug-likeness (QED) is 0.682. The third kappa shape index (κ3) is 3.48. The van der Waals surface area contributed by atoms with Crippen molar-refractivity contribution < 1.29 is 4.42 Å². The Balaban J connectivity index is 1.32. The Labute approximate surface area is 137 Å². The third-order valence-corrected chi connectivity index (χ3v) is 4.93. The lowest BCUT2D eigenvalue weighted by atomic mass is 9.90. The maximum absolute atomic E-state index is 5.95. The SMILES string of the molecule is c1ccc(CC2CCN(Cc3cc4ccccc4o3)CC2)cc1. The van der Waals surface area contributed by atoms with E-state index in [2.05, 4.69) is 53.4 Å². The lowest BCUT2D eigenvalue weighted by Crippen LogP contribution is -2.33. The van der Waals surface area contributed by atoms with Gasteiger partial charge >= 0.3 is 0 Å². The van der Waals surface area contributed by atoms with E-state index in [0.717, 1.165) is 23.8 Å². The molecule has 0 bridgehead atoms. The molecule has 23 heavy (non-hydrogen) atoms. The van der Waals surface area contributed by atoms with E-state index in [4.69, 9.17) is 4.42 Å². The van der Waals surface area contributed by atoms with Crippen molar-refractivity contribution >= 4 is 11.0 Å². The Morgan fingerprint density at radius 2 is 1.65 bits per heavy atom. The zero-order valence-corrected chi connectivity index (χ0v) is 13.4. The van der Waals surface area contributed by atoms with E-state index in [0.29, 0.717) is 0 Å². The fourth-order valence-corrected chi connectivity index (χ4v) is 3.63. The van der Waals surface area contributed by atoms with E-state index in [1.807, 2.05) is 12.1 Å². The van der Waals surface area contributed by atoms with Crippen molar-refractivity contribution in [1.82, 2.24) is 4.90 Å². The number of rotatable bonds is 4. The number of likely N-dealkylation sites (tertiary alicyclic amines) is 1. The van der Waals surface area contributed by atoms with E-state index in [1.165, 1.54) is 43.3 Å². The van der Waals surface area contributed by atoms with Gasteiger partial charge in [0.05, 0.1) is 6.54 Å². The molecule has 0 aliphatic carbocycles. The molecule has 2 nitrogen and oxygen atoms in total. The number of furan rings is 1. The van der Waals surface area contributed by atoms with Crippen molar-refractivity contribution in [2.75, 3.05) is 13.1 Å². The highest BCUT2D eigenvalue weighted by Gasteiger charge is 2.20. The number of fused-ring (bicyclic) bond motifs is 1. The summed E-state index contributed by atoms with van der Waals surface area (Å²) in [4.78, 5) is 2.53. The second-order valence-electron chi connectivity index (χ2n) is 6.66. The molecule has 1 aliphatic rings. The van der Waals surface area contributed by atoms with Gasteiger partial charge in [-0.1, -0.05) is 48.5 Å². The summed E-state index contributed by atoms with van der Waals surface area (Å²) in [6.07, 6.45) is 3.80. The van der Waals surface area contributed by atoms with Crippen molar-refractivity contribution in [3.8, 4) is 0 Å². The van der Waals surface area contributed by atoms with Gasteiger partial charge in [-0.3, -0.25) is 4.90 Å². The molecule has 0 atom stereocenters. The zero-order valence-electron chi connectivity index (χ0n) is 13.4. The van der Waals surface area contributed by atoms with Crippen LogP contribution in [0.1, 0.15) is 24.2 Å². The van der Waals surface area contributed by atoms with E-state index in [9.17, 15) is 0 Å². The van der Waals surface area contributed by atoms with Gasteiger partial charge in [0.15, 0.2) is 0 Å². The molecule has 1 fully saturated rings. The van der Waals surface area contributed by atoms with Crippen LogP contribution in [0, 0.1) is 5.92 Å². The number of para-hydroxylation sites is 1. The molecule has 2 heteroatoms. The summed E-state index contributed by atoms with van der Waals surface area (Å²) in [5.74, 6) is 1.91. The number of benzene rings is 2. The van der Waals surface area contributed by atoms with Crippen LogP contribution in [0.3, 0.4) is 0 Å². The van der Waals surface area contributed by atoms with Gasteiger partial charge in [0.2, 0.25) is 0 Å². The molecule has 0 amide bonds. The van der Waals surface area contributed by atoms with Crippen molar-refractivity contribution in [2.45, 2.75) is 25.8 Å². The first-order chi connectivity index (χ1) is 11.4. The zero-order chi connectivity index (χ0) is 15.5. The second kappa shape index (κ2) is 6.59. The van der Waals surface area contributed by atoms with Crippen molar-refractivity contribution in [3.63, 3.8) is 0 Å². The van der Waals surface area contributed by atoms with E-state index < -0.39 is 0 Å². The highest BCUT2D eigenvalue weighted by Crippen LogP contribution is 2.25. The van der Waals surface area contributed by atoms with Crippen molar-refractivity contribution in [2.24, 2.45) is 5.92 Å². The fraction of sp³-hybridized carbons (Fsp3) is 0.333. The summed E-state index contributed by atoms with van der Waals surface area (Å²) in [6, 6.07) is 21.3. The van der Waals surface area contributed by atoms with Crippen LogP contribution in [0.15, 0.2) is 65.1 Å². The van der Waals surface area contributed by atoms with Crippen LogP contribution in [0.5, 0.6) is 0 Å². The molecular weight excluding hydrogens is 282 g/mol. The van der Waals surface area contributed by atoms with Crippen molar-refractivity contribution in [3.05, 3.63) is 72.0 Å². The molecule has 0 N–H and O–H groups in total. The van der Waals surface area contributed by atoms with E-state index >= 15 is 0 Å². The van der Waals surface area contributed by atoms with Gasteiger partial charge in [-0.05, 0) is 56.0 Å². The largest absolute Gasteiger partial charge is 0.460 e. The molecule has 0 unspecified atom stereocenters. The van der Waals surface area contributed by atoms with Crippen LogP contribution in [-0.2, 0) is 13.0 Å². The predicted octanol–water partition coefficient (Wildman–Crippen LogP) is 4.89. The average Bonchev–Trinajstić information content (AvgIpc) is 3.00. The summed E-state index contributed by atoms with van der Waals surface area (Å²) in [7, 11) is 0. The van der Waals surface area contributed by atoms with Gasteiger partial charge in [0.25, 0.3) is 0 Å². The molecule has 2 heterocycles. The minimum absolute atomic E-state index is 0.823. The number of hydrogen-bond acceptors (Lipinski definition) is 2. The lowest BCUT2D eigenvalue weighted by Gasteiger charge is -2.31. The minimum atomic E-state index is 0.823. The smallest absolute Gasteiger partial charge is 0.134 e. The van der Waals surface area contributed by atoms with E-state index in [1.54, 1.807) is 0 Å². The van der Waals surface area contributed by atoms with Gasteiger partial charge in [-0.2, -0.15) is 0 Å². The Bertz CT molecular complexity index is 721. The topological polar surface area (TPSA) is 16.4 Å². The summed E-state index contributed by atoms with van der Waals surface area (Å²) >= 11 is 0. The summed E-state index contributed by atoms with van der Waals surface area (Å²) in [5, 5.41) is 1.21. The first-order valence-electron chi connectivity index (χ1n) is 8.60. The second-order valence-corrected chi connectivity index (χ2v) is 6.66. The van der Waals surface area contributed by atoms with Gasteiger partial charge in [0.1, 0.15) is 11.3 Å². The minimum Gasteiger partial charge on any atom is -0.460 e. The van der Waals surface area contributed by atoms with Gasteiger partial charge in [-0.25, -0.2) is 0 Å². The molecule has 2 aromatic carbocycles. The van der Waals surface area contributed by atoms with Gasteiger partial charge < -0.3 is 4.42 Å². The van der Waals surface area contributed by atoms with Crippen LogP contribution in [-0.4, -0.2) is 18.0 Å². The highest BCUT2D eigenvalue weighted by atomic mass is 16.3. The molecule has 118 valence electrons. The fourth-order valence-electron chi connectivity index (χ4n) is 3.63. The molecule has 0 spiro atoms. The average molecular weight is 305 g/mol. The first-order valence-corrected chi connectivity index (χ1v) is 8.60. The normalized spacial score (nSPS) is 16.9. The third-order valence-electron chi connectivity index (χ3n) is 4.93. The Hall–Kier alpha value is -2.06. The Morgan fingerprint density at radius 3 is 2.43 bits per heavy atom. The molecule has 1 saturated heterocycles. The van der Waals surface area contributed by atoms with E-state index in [-0.39, 0.29) is 0 Å². The van der Waals surface area contributed by atoms with Gasteiger partial charge in [-0.15, -0.1) is 0 Å². The molecule has 0 radical (unpaired) electrons. The Kier molecular flexibility index (Phi) is 4.16. The first kappa shape index (κ1) is 14.5. The Morgan fingerprint density at radius 1 is 0.913 bits per heavy atom. The maximum atomic E-state index is 5.95. The molecular formula is C21H23NO. The van der Waals surface area contributed by atoms with Crippen LogP contribution in [0.4, 0.5) is 0 Å². The maximum Gasteiger partial charge on any atom is 0.134 e. The monoisotopic (exact) mass is 305 g/mol. The number of piperidine rings is 1. The van der Waals surface area contributed by atoms with Gasteiger partial charge in [0, 0.05) is 5.39 Å². The van der Waals surface area contributed by atoms with Crippen LogP contribution in [0.25, 0.3) is 11.0 Å². The lowest BCUT2D eigenvalue weighted by molar-refractivity contribution is 0.167. The molecule has 1 aliphatic heterocycles. The molecule has 0 saturated carbocycles. The van der Waals surface area contributed by atoms with Crippen molar-refractivity contribution in [1.29, 1.82) is 0 Å².